The molecule has 0 saturated heterocycles. The molecule has 1 aromatic heterocycles. The van der Waals surface area contributed by atoms with Crippen molar-refractivity contribution >= 4 is 34.1 Å². The second-order valence-corrected chi connectivity index (χ2v) is 6.64. The van der Waals surface area contributed by atoms with E-state index in [0.29, 0.717) is 23.3 Å². The van der Waals surface area contributed by atoms with E-state index in [1.807, 2.05) is 54.6 Å². The van der Waals surface area contributed by atoms with Crippen LogP contribution in [0.2, 0.25) is 5.15 Å². The number of carbonyl (C=O) groups is 1. The van der Waals surface area contributed by atoms with Gasteiger partial charge in [0.2, 0.25) is 0 Å². The minimum absolute atomic E-state index is 0.0340. The minimum Gasteiger partial charge on any atom is -0.380 e. The van der Waals surface area contributed by atoms with Crippen molar-refractivity contribution in [3.63, 3.8) is 0 Å². The Labute approximate surface area is 151 Å². The molecule has 1 saturated carbocycles. The Morgan fingerprint density at radius 3 is 2.72 bits per heavy atom. The SMILES string of the molecule is O=C(NC1CC1)c1ccccc1NCc1cc2ccccc2nc1Cl. The first-order valence-electron chi connectivity index (χ1n) is 8.38. The summed E-state index contributed by atoms with van der Waals surface area (Å²) in [6.07, 6.45) is 2.14. The summed E-state index contributed by atoms with van der Waals surface area (Å²) in [6.45, 7) is 0.504. The Bertz CT molecular complexity index is 937. The second-order valence-electron chi connectivity index (χ2n) is 6.28. The maximum Gasteiger partial charge on any atom is 0.253 e. The van der Waals surface area contributed by atoms with Gasteiger partial charge >= 0.3 is 0 Å². The van der Waals surface area contributed by atoms with Crippen LogP contribution in [0, 0.1) is 0 Å². The van der Waals surface area contributed by atoms with Crippen LogP contribution in [-0.2, 0) is 6.54 Å². The van der Waals surface area contributed by atoms with Gasteiger partial charge < -0.3 is 10.6 Å². The van der Waals surface area contributed by atoms with Crippen LogP contribution in [0.5, 0.6) is 0 Å². The van der Waals surface area contributed by atoms with Crippen molar-refractivity contribution in [2.45, 2.75) is 25.4 Å². The molecule has 0 spiro atoms. The Balaban J connectivity index is 1.55. The summed E-state index contributed by atoms with van der Waals surface area (Å²) in [7, 11) is 0. The molecule has 4 rings (SSSR count). The third-order valence-electron chi connectivity index (χ3n) is 4.30. The van der Waals surface area contributed by atoms with Crippen LogP contribution in [0.3, 0.4) is 0 Å². The number of rotatable bonds is 5. The van der Waals surface area contributed by atoms with Crippen LogP contribution >= 0.6 is 11.6 Å². The summed E-state index contributed by atoms with van der Waals surface area (Å²) in [6, 6.07) is 17.8. The zero-order chi connectivity index (χ0) is 17.2. The van der Waals surface area contributed by atoms with Gasteiger partial charge in [0.25, 0.3) is 5.91 Å². The Morgan fingerprint density at radius 2 is 1.88 bits per heavy atom. The van der Waals surface area contributed by atoms with Gasteiger partial charge in [0.1, 0.15) is 5.15 Å². The standard InChI is InChI=1S/C20H18ClN3O/c21-19-14(11-13-5-1-3-7-17(13)24-19)12-22-18-8-4-2-6-16(18)20(25)23-15-9-10-15/h1-8,11,15,22H,9-10,12H2,(H,23,25). The summed E-state index contributed by atoms with van der Waals surface area (Å²) < 4.78 is 0. The van der Waals surface area contributed by atoms with Crippen molar-refractivity contribution in [1.29, 1.82) is 0 Å². The lowest BCUT2D eigenvalue weighted by molar-refractivity contribution is 0.0952. The van der Waals surface area contributed by atoms with Crippen molar-refractivity contribution in [3.8, 4) is 0 Å². The van der Waals surface area contributed by atoms with Gasteiger partial charge in [-0.2, -0.15) is 0 Å². The van der Waals surface area contributed by atoms with E-state index in [0.717, 1.165) is 35.0 Å². The van der Waals surface area contributed by atoms with Crippen LogP contribution in [-0.4, -0.2) is 16.9 Å². The highest BCUT2D eigenvalue weighted by molar-refractivity contribution is 6.30. The molecule has 3 aromatic rings. The number of para-hydroxylation sites is 2. The molecule has 0 radical (unpaired) electrons. The quantitative estimate of drug-likeness (QED) is 0.670. The molecule has 1 aliphatic rings. The van der Waals surface area contributed by atoms with Crippen molar-refractivity contribution in [3.05, 3.63) is 70.9 Å². The lowest BCUT2D eigenvalue weighted by Gasteiger charge is -2.13. The molecule has 4 nitrogen and oxygen atoms in total. The van der Waals surface area contributed by atoms with E-state index in [4.69, 9.17) is 11.6 Å². The molecular formula is C20H18ClN3O. The topological polar surface area (TPSA) is 54.0 Å². The fraction of sp³-hybridized carbons (Fsp3) is 0.200. The van der Waals surface area contributed by atoms with Crippen molar-refractivity contribution < 1.29 is 4.79 Å². The van der Waals surface area contributed by atoms with Gasteiger partial charge in [0, 0.05) is 29.2 Å². The van der Waals surface area contributed by atoms with E-state index in [-0.39, 0.29) is 5.91 Å². The summed E-state index contributed by atoms with van der Waals surface area (Å²) in [5.41, 5.74) is 3.22. The predicted molar refractivity (Wildman–Crippen MR) is 101 cm³/mol. The smallest absolute Gasteiger partial charge is 0.253 e. The molecular weight excluding hydrogens is 334 g/mol. The third-order valence-corrected chi connectivity index (χ3v) is 4.63. The molecule has 1 fully saturated rings. The van der Waals surface area contributed by atoms with Gasteiger partial charge in [-0.05, 0) is 37.1 Å². The van der Waals surface area contributed by atoms with E-state index in [9.17, 15) is 4.79 Å². The molecule has 1 aliphatic carbocycles. The van der Waals surface area contributed by atoms with E-state index >= 15 is 0 Å². The van der Waals surface area contributed by atoms with Crippen LogP contribution in [0.15, 0.2) is 54.6 Å². The van der Waals surface area contributed by atoms with Gasteiger partial charge in [-0.15, -0.1) is 0 Å². The molecule has 2 N–H and O–H groups in total. The number of amides is 1. The number of fused-ring (bicyclic) bond motifs is 1. The number of aromatic nitrogens is 1. The number of hydrogen-bond donors (Lipinski definition) is 2. The Hall–Kier alpha value is -2.59. The number of hydrogen-bond acceptors (Lipinski definition) is 3. The van der Waals surface area contributed by atoms with Gasteiger partial charge in [-0.3, -0.25) is 4.79 Å². The van der Waals surface area contributed by atoms with Crippen LogP contribution in [0.4, 0.5) is 5.69 Å². The highest BCUT2D eigenvalue weighted by Crippen LogP contribution is 2.24. The second kappa shape index (κ2) is 6.73. The first-order chi connectivity index (χ1) is 12.2. The summed E-state index contributed by atoms with van der Waals surface area (Å²) in [5.74, 6) is -0.0340. The fourth-order valence-electron chi connectivity index (χ4n) is 2.78. The zero-order valence-electron chi connectivity index (χ0n) is 13.6. The lowest BCUT2D eigenvalue weighted by atomic mass is 10.1. The van der Waals surface area contributed by atoms with Crippen molar-refractivity contribution in [2.24, 2.45) is 0 Å². The first-order valence-corrected chi connectivity index (χ1v) is 8.76. The van der Waals surface area contributed by atoms with E-state index in [2.05, 4.69) is 15.6 Å². The highest BCUT2D eigenvalue weighted by Gasteiger charge is 2.24. The molecule has 0 atom stereocenters. The van der Waals surface area contributed by atoms with Gasteiger partial charge in [-0.1, -0.05) is 41.9 Å². The summed E-state index contributed by atoms with van der Waals surface area (Å²) >= 11 is 6.32. The molecule has 25 heavy (non-hydrogen) atoms. The number of carbonyl (C=O) groups excluding carboxylic acids is 1. The average molecular weight is 352 g/mol. The molecule has 2 aromatic carbocycles. The molecule has 126 valence electrons. The first kappa shape index (κ1) is 15.9. The fourth-order valence-corrected chi connectivity index (χ4v) is 2.99. The number of nitrogens with one attached hydrogen (secondary N) is 2. The molecule has 5 heteroatoms. The highest BCUT2D eigenvalue weighted by atomic mass is 35.5. The number of benzene rings is 2. The maximum absolute atomic E-state index is 12.4. The van der Waals surface area contributed by atoms with E-state index in [1.165, 1.54) is 0 Å². The Kier molecular flexibility index (Phi) is 4.28. The summed E-state index contributed by atoms with van der Waals surface area (Å²) in [5, 5.41) is 7.87. The molecule has 0 bridgehead atoms. The number of halogens is 1. The lowest BCUT2D eigenvalue weighted by Crippen LogP contribution is -2.26. The third kappa shape index (κ3) is 3.59. The van der Waals surface area contributed by atoms with Gasteiger partial charge in [-0.25, -0.2) is 4.98 Å². The zero-order valence-corrected chi connectivity index (χ0v) is 14.4. The normalized spacial score (nSPS) is 13.6. The molecule has 1 amide bonds. The largest absolute Gasteiger partial charge is 0.380 e. The van der Waals surface area contributed by atoms with Gasteiger partial charge in [0.05, 0.1) is 11.1 Å². The van der Waals surface area contributed by atoms with Crippen LogP contribution in [0.1, 0.15) is 28.8 Å². The number of nitrogens with zero attached hydrogens (tertiary/aromatic N) is 1. The predicted octanol–water partition coefficient (Wildman–Crippen LogP) is 4.39. The monoisotopic (exact) mass is 351 g/mol. The molecule has 1 heterocycles. The average Bonchev–Trinajstić information content (AvgIpc) is 3.44. The van der Waals surface area contributed by atoms with E-state index < -0.39 is 0 Å². The van der Waals surface area contributed by atoms with Crippen molar-refractivity contribution in [2.75, 3.05) is 5.32 Å². The van der Waals surface area contributed by atoms with Crippen LogP contribution in [0.25, 0.3) is 10.9 Å². The number of pyridine rings is 1. The Morgan fingerprint density at radius 1 is 1.12 bits per heavy atom. The minimum atomic E-state index is -0.0340. The molecule has 0 aliphatic heterocycles. The number of anilines is 1. The van der Waals surface area contributed by atoms with Crippen molar-refractivity contribution in [1.82, 2.24) is 10.3 Å². The maximum atomic E-state index is 12.4. The van der Waals surface area contributed by atoms with Crippen LogP contribution < -0.4 is 10.6 Å². The van der Waals surface area contributed by atoms with Gasteiger partial charge in [0.15, 0.2) is 0 Å². The molecule has 0 unspecified atom stereocenters. The summed E-state index contributed by atoms with van der Waals surface area (Å²) in [4.78, 5) is 16.8. The van der Waals surface area contributed by atoms with E-state index in [1.54, 1.807) is 0 Å².